The summed E-state index contributed by atoms with van der Waals surface area (Å²) in [5.41, 5.74) is 7.43. The van der Waals surface area contributed by atoms with E-state index in [1.165, 1.54) is 18.7 Å². The van der Waals surface area contributed by atoms with Crippen LogP contribution in [0.2, 0.25) is 0 Å². The Bertz CT molecular complexity index is 976. The summed E-state index contributed by atoms with van der Waals surface area (Å²) in [4.78, 5) is 13.3. The second kappa shape index (κ2) is 10.5. The van der Waals surface area contributed by atoms with Gasteiger partial charge in [-0.3, -0.25) is 4.79 Å². The van der Waals surface area contributed by atoms with Crippen LogP contribution in [0.15, 0.2) is 73.1 Å². The van der Waals surface area contributed by atoms with Crippen molar-refractivity contribution >= 4 is 5.91 Å². The molecule has 0 bridgehead atoms. The molecule has 1 fully saturated rings. The first kappa shape index (κ1) is 24.2. The minimum absolute atomic E-state index is 0. The van der Waals surface area contributed by atoms with Gasteiger partial charge in [-0.25, -0.2) is 9.13 Å². The van der Waals surface area contributed by atoms with Crippen LogP contribution in [0.4, 0.5) is 0 Å². The molecule has 3 aromatic rings. The summed E-state index contributed by atoms with van der Waals surface area (Å²) in [5, 5.41) is 0. The number of aryl methyl sites for hydroxylation is 1. The quantitative estimate of drug-likeness (QED) is 0.475. The number of unbranched alkanes of at least 4 members (excludes halogenated alkanes) is 1. The van der Waals surface area contributed by atoms with Gasteiger partial charge in [0.05, 0.1) is 6.54 Å². The molecule has 5 heteroatoms. The molecule has 4 nitrogen and oxygen atoms in total. The van der Waals surface area contributed by atoms with Crippen LogP contribution in [0.3, 0.4) is 0 Å². The molecular weight excluding hydrogens is 462 g/mol. The third-order valence-corrected chi connectivity index (χ3v) is 7.21. The maximum absolute atomic E-state index is 13.3. The summed E-state index contributed by atoms with van der Waals surface area (Å²) in [6, 6.07) is 20.7. The molecule has 1 saturated carbocycles. The van der Waals surface area contributed by atoms with Crippen LogP contribution in [0, 0.1) is 12.8 Å². The molecule has 1 heterocycles. The number of halogens is 1. The molecule has 1 aliphatic carbocycles. The van der Waals surface area contributed by atoms with Crippen LogP contribution in [-0.2, 0) is 16.8 Å². The molecular formula is C27H34BrN3O. The van der Waals surface area contributed by atoms with E-state index in [-0.39, 0.29) is 28.8 Å². The largest absolute Gasteiger partial charge is 1.00 e. The molecule has 0 saturated heterocycles. The van der Waals surface area contributed by atoms with Crippen molar-refractivity contribution in [2.45, 2.75) is 64.0 Å². The van der Waals surface area contributed by atoms with Gasteiger partial charge in [0.15, 0.2) is 0 Å². The molecule has 2 N–H and O–H groups in total. The van der Waals surface area contributed by atoms with Gasteiger partial charge >= 0.3 is 0 Å². The first-order valence-corrected chi connectivity index (χ1v) is 11.6. The average Bonchev–Trinajstić information content (AvgIpc) is 3.41. The second-order valence-corrected chi connectivity index (χ2v) is 8.87. The predicted molar refractivity (Wildman–Crippen MR) is 124 cm³/mol. The lowest BCUT2D eigenvalue weighted by Crippen LogP contribution is -3.00. The van der Waals surface area contributed by atoms with Crippen LogP contribution in [0.25, 0.3) is 0 Å². The average molecular weight is 496 g/mol. The van der Waals surface area contributed by atoms with Crippen LogP contribution in [0.1, 0.15) is 62.0 Å². The SMILES string of the molecule is CCCC[n+]1ccn(C2CCC(C(C(N)=O)(c3ccccc3)c3ccccc3)C2)c1C.[Br-]. The fourth-order valence-electron chi connectivity index (χ4n) is 5.60. The van der Waals surface area contributed by atoms with Gasteiger partial charge in [-0.05, 0) is 42.7 Å². The minimum atomic E-state index is -0.809. The fourth-order valence-corrected chi connectivity index (χ4v) is 5.60. The Morgan fingerprint density at radius 2 is 1.66 bits per heavy atom. The first-order chi connectivity index (χ1) is 15.1. The normalized spacial score (nSPS) is 18.3. The standard InChI is InChI=1S/C27H33N3O.BrH/c1-3-4-17-29-18-19-30(21(29)2)25-16-15-24(20-25)27(26(28)31,22-11-7-5-8-12-22)23-13-9-6-10-14-23;/h5-14,18-19,24-25H,3-4,15-17,20H2,1-2H3,(H-,28,31);1H. The topological polar surface area (TPSA) is 51.9 Å². The van der Waals surface area contributed by atoms with Gasteiger partial charge < -0.3 is 22.7 Å². The summed E-state index contributed by atoms with van der Waals surface area (Å²) < 4.78 is 4.77. The first-order valence-electron chi connectivity index (χ1n) is 11.6. The molecule has 2 aromatic carbocycles. The molecule has 2 atom stereocenters. The summed E-state index contributed by atoms with van der Waals surface area (Å²) in [7, 11) is 0. The number of rotatable bonds is 8. The lowest BCUT2D eigenvalue weighted by molar-refractivity contribution is -0.702. The minimum Gasteiger partial charge on any atom is -1.00 e. The van der Waals surface area contributed by atoms with Crippen molar-refractivity contribution in [3.8, 4) is 0 Å². The zero-order chi connectivity index (χ0) is 21.8. The van der Waals surface area contributed by atoms with E-state index in [1.807, 2.05) is 36.4 Å². The van der Waals surface area contributed by atoms with Crippen LogP contribution in [0.5, 0.6) is 0 Å². The van der Waals surface area contributed by atoms with Gasteiger partial charge in [-0.15, -0.1) is 0 Å². The zero-order valence-electron chi connectivity index (χ0n) is 19.1. The van der Waals surface area contributed by atoms with E-state index in [4.69, 9.17) is 5.73 Å². The maximum Gasteiger partial charge on any atom is 0.253 e. The van der Waals surface area contributed by atoms with E-state index in [1.54, 1.807) is 0 Å². The van der Waals surface area contributed by atoms with Gasteiger partial charge in [-0.1, -0.05) is 74.0 Å². The van der Waals surface area contributed by atoms with E-state index in [0.717, 1.165) is 36.9 Å². The Balaban J connectivity index is 0.00000289. The van der Waals surface area contributed by atoms with E-state index in [0.29, 0.717) is 6.04 Å². The van der Waals surface area contributed by atoms with Gasteiger partial charge in [0.1, 0.15) is 23.9 Å². The van der Waals surface area contributed by atoms with Crippen LogP contribution >= 0.6 is 0 Å². The molecule has 2 unspecified atom stereocenters. The molecule has 1 aromatic heterocycles. The molecule has 4 rings (SSSR count). The summed E-state index contributed by atoms with van der Waals surface area (Å²) in [6.07, 6.45) is 9.78. The monoisotopic (exact) mass is 495 g/mol. The number of hydrogen-bond acceptors (Lipinski definition) is 1. The third kappa shape index (κ3) is 4.27. The predicted octanol–water partition coefficient (Wildman–Crippen LogP) is 1.70. The second-order valence-electron chi connectivity index (χ2n) is 8.87. The van der Waals surface area contributed by atoms with Crippen molar-refractivity contribution in [3.05, 3.63) is 90.0 Å². The lowest BCUT2D eigenvalue weighted by Gasteiger charge is -2.37. The number of benzene rings is 2. The number of nitrogens with two attached hydrogens (primary N) is 1. The molecule has 0 radical (unpaired) electrons. The van der Waals surface area contributed by atoms with E-state index in [2.05, 4.69) is 59.6 Å². The summed E-state index contributed by atoms with van der Waals surface area (Å²) in [6.45, 7) is 5.49. The molecule has 1 amide bonds. The van der Waals surface area contributed by atoms with Crippen molar-refractivity contribution in [2.75, 3.05) is 0 Å². The molecule has 0 spiro atoms. The number of carbonyl (C=O) groups excluding carboxylic acids is 1. The van der Waals surface area contributed by atoms with Crippen molar-refractivity contribution in [2.24, 2.45) is 11.7 Å². The Morgan fingerprint density at radius 1 is 1.06 bits per heavy atom. The Hall–Kier alpha value is -2.40. The summed E-state index contributed by atoms with van der Waals surface area (Å²) >= 11 is 0. The fraction of sp³-hybridized carbons (Fsp3) is 0.407. The van der Waals surface area contributed by atoms with Crippen molar-refractivity contribution < 1.29 is 26.3 Å². The molecule has 0 aliphatic heterocycles. The number of amides is 1. The highest BCUT2D eigenvalue weighted by molar-refractivity contribution is 5.91. The van der Waals surface area contributed by atoms with Gasteiger partial charge in [-0.2, -0.15) is 0 Å². The van der Waals surface area contributed by atoms with E-state index in [9.17, 15) is 4.79 Å². The smallest absolute Gasteiger partial charge is 0.253 e. The Kier molecular flexibility index (Phi) is 7.94. The van der Waals surface area contributed by atoms with Gasteiger partial charge in [0.2, 0.25) is 5.91 Å². The van der Waals surface area contributed by atoms with E-state index >= 15 is 0 Å². The number of carbonyl (C=O) groups is 1. The maximum atomic E-state index is 13.3. The molecule has 170 valence electrons. The van der Waals surface area contributed by atoms with Crippen LogP contribution < -0.4 is 27.3 Å². The Morgan fingerprint density at radius 3 is 2.19 bits per heavy atom. The highest BCUT2D eigenvalue weighted by Gasteiger charge is 2.51. The number of primary amides is 1. The molecule has 1 aliphatic rings. The van der Waals surface area contributed by atoms with Crippen molar-refractivity contribution in [1.82, 2.24) is 4.57 Å². The number of imidazole rings is 1. The highest BCUT2D eigenvalue weighted by Crippen LogP contribution is 2.49. The number of nitrogens with zero attached hydrogens (tertiary/aromatic N) is 2. The lowest BCUT2D eigenvalue weighted by atomic mass is 9.64. The van der Waals surface area contributed by atoms with Crippen molar-refractivity contribution in [3.63, 3.8) is 0 Å². The van der Waals surface area contributed by atoms with E-state index < -0.39 is 5.41 Å². The van der Waals surface area contributed by atoms with Gasteiger partial charge in [0, 0.05) is 6.92 Å². The number of aromatic nitrogens is 2. The molecule has 32 heavy (non-hydrogen) atoms. The Labute approximate surface area is 202 Å². The summed E-state index contributed by atoms with van der Waals surface area (Å²) in [5.74, 6) is 1.20. The van der Waals surface area contributed by atoms with Crippen LogP contribution in [-0.4, -0.2) is 10.5 Å². The zero-order valence-corrected chi connectivity index (χ0v) is 20.7. The highest BCUT2D eigenvalue weighted by atomic mass is 79.9. The van der Waals surface area contributed by atoms with Crippen molar-refractivity contribution in [1.29, 1.82) is 0 Å². The van der Waals surface area contributed by atoms with Gasteiger partial charge in [0.25, 0.3) is 5.82 Å². The third-order valence-electron chi connectivity index (χ3n) is 7.21. The number of hydrogen-bond donors (Lipinski definition) is 1.